The van der Waals surface area contributed by atoms with E-state index >= 15 is 0 Å². The Bertz CT molecular complexity index is 791. The molecule has 0 heterocycles. The zero-order chi connectivity index (χ0) is 22.4. The number of benzene rings is 1. The topological polar surface area (TPSA) is 85.0 Å². The van der Waals surface area contributed by atoms with Gasteiger partial charge in [-0.25, -0.2) is 0 Å². The summed E-state index contributed by atoms with van der Waals surface area (Å²) in [6.07, 6.45) is 3.72. The second-order valence-corrected chi connectivity index (χ2v) is 8.66. The molecule has 30 heavy (non-hydrogen) atoms. The number of aryl methyl sites for hydroxylation is 1. The van der Waals surface area contributed by atoms with Crippen LogP contribution in [0.1, 0.15) is 58.9 Å². The highest BCUT2D eigenvalue weighted by Gasteiger charge is 2.34. The Morgan fingerprint density at radius 1 is 1.37 bits per heavy atom. The van der Waals surface area contributed by atoms with Crippen LogP contribution in [0.3, 0.4) is 0 Å². The van der Waals surface area contributed by atoms with Crippen LogP contribution in [0.25, 0.3) is 0 Å². The van der Waals surface area contributed by atoms with E-state index in [4.69, 9.17) is 4.74 Å². The number of nitrogens with zero attached hydrogens (tertiary/aromatic N) is 3. The van der Waals surface area contributed by atoms with Crippen LogP contribution in [0.2, 0.25) is 0 Å². The summed E-state index contributed by atoms with van der Waals surface area (Å²) in [6.45, 7) is 10.4. The summed E-state index contributed by atoms with van der Waals surface area (Å²) in [5.41, 5.74) is 1.48. The first-order valence-corrected chi connectivity index (χ1v) is 10.9. The van der Waals surface area contributed by atoms with Gasteiger partial charge in [0.1, 0.15) is 18.5 Å². The highest BCUT2D eigenvalue weighted by molar-refractivity contribution is 6.01. The Balaban J connectivity index is 2.24. The number of rotatable bonds is 7. The van der Waals surface area contributed by atoms with Crippen molar-refractivity contribution in [3.63, 3.8) is 0 Å². The lowest BCUT2D eigenvalue weighted by molar-refractivity contribution is -0.384. The van der Waals surface area contributed by atoms with Crippen LogP contribution in [-0.2, 0) is 9.53 Å². The van der Waals surface area contributed by atoms with E-state index in [1.807, 2.05) is 11.8 Å². The molecule has 1 aromatic rings. The van der Waals surface area contributed by atoms with Crippen LogP contribution in [0, 0.1) is 34.8 Å². The van der Waals surface area contributed by atoms with Crippen molar-refractivity contribution in [2.75, 3.05) is 18.5 Å². The molecule has 0 spiro atoms. The lowest BCUT2D eigenvalue weighted by atomic mass is 9.75. The first kappa shape index (κ1) is 23.8. The molecule has 1 aliphatic rings. The van der Waals surface area contributed by atoms with E-state index in [0.717, 1.165) is 29.9 Å². The zero-order valence-corrected chi connectivity index (χ0v) is 19.1. The van der Waals surface area contributed by atoms with Crippen LogP contribution in [0.15, 0.2) is 23.2 Å². The smallest absolute Gasteiger partial charge is 0.326 e. The SMILES string of the molecule is CC/C(=N\C)N(CC(=O)O[C@@H]1C[C@H](C)CC[C@H]1C(C)C)c1ccc([N+](=O)[O-])cc1C. The summed E-state index contributed by atoms with van der Waals surface area (Å²) < 4.78 is 5.98. The molecule has 166 valence electrons. The van der Waals surface area contributed by atoms with Gasteiger partial charge in [0.25, 0.3) is 5.69 Å². The van der Waals surface area contributed by atoms with E-state index in [0.29, 0.717) is 24.2 Å². The Labute approximate surface area is 179 Å². The van der Waals surface area contributed by atoms with Gasteiger partial charge in [0.05, 0.1) is 4.92 Å². The number of nitro groups is 1. The van der Waals surface area contributed by atoms with Gasteiger partial charge < -0.3 is 9.64 Å². The summed E-state index contributed by atoms with van der Waals surface area (Å²) in [7, 11) is 1.69. The fourth-order valence-corrected chi connectivity index (χ4v) is 4.43. The molecule has 0 N–H and O–H groups in total. The molecule has 3 atom stereocenters. The standard InChI is InChI=1S/C23H35N3O4/c1-7-22(24-6)25(20-11-9-18(26(28)29)13-17(20)5)14-23(27)30-21-12-16(4)8-10-19(21)15(2)3/h9,11,13,15-16,19,21H,7-8,10,12,14H2,1-6H3/b24-22+/t16-,19+,21-/m1/s1. The first-order chi connectivity index (χ1) is 14.2. The molecule has 7 nitrogen and oxygen atoms in total. The van der Waals surface area contributed by atoms with Crippen molar-refractivity contribution in [3.05, 3.63) is 33.9 Å². The third-order valence-corrected chi connectivity index (χ3v) is 6.10. The van der Waals surface area contributed by atoms with E-state index in [-0.39, 0.29) is 24.3 Å². The number of ether oxygens (including phenoxy) is 1. The van der Waals surface area contributed by atoms with Crippen molar-refractivity contribution < 1.29 is 14.5 Å². The minimum Gasteiger partial charge on any atom is -0.461 e. The molecule has 0 saturated heterocycles. The predicted molar refractivity (Wildman–Crippen MR) is 120 cm³/mol. The maximum atomic E-state index is 13.0. The van der Waals surface area contributed by atoms with Crippen molar-refractivity contribution in [3.8, 4) is 0 Å². The molecule has 1 saturated carbocycles. The van der Waals surface area contributed by atoms with Gasteiger partial charge in [-0.15, -0.1) is 0 Å². The summed E-state index contributed by atoms with van der Waals surface area (Å²) in [5, 5.41) is 11.1. The fraction of sp³-hybridized carbons (Fsp3) is 0.652. The van der Waals surface area contributed by atoms with Gasteiger partial charge in [0.15, 0.2) is 0 Å². The first-order valence-electron chi connectivity index (χ1n) is 10.9. The largest absolute Gasteiger partial charge is 0.461 e. The summed E-state index contributed by atoms with van der Waals surface area (Å²) in [4.78, 5) is 29.8. The fourth-order valence-electron chi connectivity index (χ4n) is 4.43. The lowest BCUT2D eigenvalue weighted by Gasteiger charge is -2.37. The maximum Gasteiger partial charge on any atom is 0.326 e. The minimum absolute atomic E-state index is 0.0289. The van der Waals surface area contributed by atoms with Crippen molar-refractivity contribution in [2.45, 2.75) is 66.4 Å². The van der Waals surface area contributed by atoms with Gasteiger partial charge in [-0.1, -0.05) is 34.1 Å². The molecule has 0 unspecified atom stereocenters. The molecule has 7 heteroatoms. The van der Waals surface area contributed by atoms with E-state index in [1.54, 1.807) is 20.0 Å². The van der Waals surface area contributed by atoms with Crippen molar-refractivity contribution >= 4 is 23.2 Å². The molecular formula is C23H35N3O4. The highest BCUT2D eigenvalue weighted by Crippen LogP contribution is 2.35. The van der Waals surface area contributed by atoms with Gasteiger partial charge in [0, 0.05) is 31.3 Å². The van der Waals surface area contributed by atoms with E-state index < -0.39 is 4.92 Å². The number of esters is 1. The number of carbonyl (C=O) groups is 1. The molecule has 0 aromatic heterocycles. The van der Waals surface area contributed by atoms with Gasteiger partial charge in [-0.05, 0) is 49.1 Å². The van der Waals surface area contributed by atoms with Crippen molar-refractivity contribution in [1.82, 2.24) is 0 Å². The van der Waals surface area contributed by atoms with Crippen molar-refractivity contribution in [1.29, 1.82) is 0 Å². The van der Waals surface area contributed by atoms with Crippen LogP contribution in [-0.4, -0.2) is 36.4 Å². The molecule has 0 amide bonds. The van der Waals surface area contributed by atoms with Crippen LogP contribution < -0.4 is 4.90 Å². The number of hydrogen-bond acceptors (Lipinski definition) is 5. The number of aliphatic imine (C=N–C) groups is 1. The van der Waals surface area contributed by atoms with Crippen LogP contribution in [0.4, 0.5) is 11.4 Å². The summed E-state index contributed by atoms with van der Waals surface area (Å²) >= 11 is 0. The van der Waals surface area contributed by atoms with E-state index in [9.17, 15) is 14.9 Å². The number of carbonyl (C=O) groups excluding carboxylic acids is 1. The Morgan fingerprint density at radius 2 is 2.07 bits per heavy atom. The second kappa shape index (κ2) is 10.5. The predicted octanol–water partition coefficient (Wildman–Crippen LogP) is 5.15. The van der Waals surface area contributed by atoms with E-state index in [1.165, 1.54) is 18.6 Å². The van der Waals surface area contributed by atoms with Crippen LogP contribution in [0.5, 0.6) is 0 Å². The van der Waals surface area contributed by atoms with Crippen molar-refractivity contribution in [2.24, 2.45) is 22.7 Å². The normalized spacial score (nSPS) is 22.1. The third-order valence-electron chi connectivity index (χ3n) is 6.10. The average Bonchev–Trinajstić information content (AvgIpc) is 2.67. The molecular weight excluding hydrogens is 382 g/mol. The number of non-ortho nitro benzene ring substituents is 1. The number of anilines is 1. The third kappa shape index (κ3) is 5.80. The molecule has 1 aromatic carbocycles. The molecule has 0 radical (unpaired) electrons. The van der Waals surface area contributed by atoms with E-state index in [2.05, 4.69) is 25.8 Å². The van der Waals surface area contributed by atoms with Gasteiger partial charge in [-0.3, -0.25) is 19.9 Å². The Kier molecular flexibility index (Phi) is 8.38. The quantitative estimate of drug-likeness (QED) is 0.201. The van der Waals surface area contributed by atoms with Crippen LogP contribution >= 0.6 is 0 Å². The number of amidine groups is 1. The second-order valence-electron chi connectivity index (χ2n) is 8.66. The molecule has 1 aliphatic carbocycles. The molecule has 0 bridgehead atoms. The Hall–Kier alpha value is -2.44. The summed E-state index contributed by atoms with van der Waals surface area (Å²) in [5.74, 6) is 1.85. The molecule has 2 rings (SSSR count). The number of hydrogen-bond donors (Lipinski definition) is 0. The number of nitro benzene ring substituents is 1. The monoisotopic (exact) mass is 417 g/mol. The average molecular weight is 418 g/mol. The van der Waals surface area contributed by atoms with Gasteiger partial charge in [0.2, 0.25) is 0 Å². The maximum absolute atomic E-state index is 13.0. The lowest BCUT2D eigenvalue weighted by Crippen LogP contribution is -2.41. The molecule has 1 fully saturated rings. The Morgan fingerprint density at radius 3 is 2.60 bits per heavy atom. The van der Waals surface area contributed by atoms with Gasteiger partial charge in [-0.2, -0.15) is 0 Å². The molecule has 0 aliphatic heterocycles. The minimum atomic E-state index is -0.416. The summed E-state index contributed by atoms with van der Waals surface area (Å²) in [6, 6.07) is 4.66. The van der Waals surface area contributed by atoms with Gasteiger partial charge >= 0.3 is 5.97 Å². The highest BCUT2D eigenvalue weighted by atomic mass is 16.6. The zero-order valence-electron chi connectivity index (χ0n) is 19.1.